The van der Waals surface area contributed by atoms with E-state index in [2.05, 4.69) is 25.7 Å². The van der Waals surface area contributed by atoms with Crippen LogP contribution in [0.15, 0.2) is 23.2 Å². The molecule has 1 saturated carbocycles. The Morgan fingerprint density at radius 1 is 1.28 bits per heavy atom. The van der Waals surface area contributed by atoms with E-state index in [9.17, 15) is 13.6 Å². The van der Waals surface area contributed by atoms with Crippen LogP contribution in [-0.2, 0) is 11.3 Å². The molecule has 1 aliphatic carbocycles. The number of carbonyl (C=O) groups is 1. The molecule has 0 aliphatic heterocycles. The SMILES string of the molecule is CCCOc1ccc(CN=C(NCC)NCC(=O)NC2CC2)c(OC(F)F)c1.I. The minimum absolute atomic E-state index is 0. The Kier molecular flexibility index (Phi) is 11.6. The number of nitrogens with one attached hydrogen (secondary N) is 3. The number of carbonyl (C=O) groups excluding carboxylic acids is 1. The third-order valence-electron chi connectivity index (χ3n) is 3.84. The molecule has 3 N–H and O–H groups in total. The molecule has 1 aliphatic rings. The van der Waals surface area contributed by atoms with Crippen molar-refractivity contribution in [2.24, 2.45) is 4.99 Å². The maximum atomic E-state index is 12.8. The quantitative estimate of drug-likeness (QED) is 0.235. The third kappa shape index (κ3) is 9.95. The molecule has 29 heavy (non-hydrogen) atoms. The summed E-state index contributed by atoms with van der Waals surface area (Å²) in [5.74, 6) is 0.802. The van der Waals surface area contributed by atoms with Crippen molar-refractivity contribution in [3.63, 3.8) is 0 Å². The number of hydrogen-bond donors (Lipinski definition) is 3. The van der Waals surface area contributed by atoms with E-state index >= 15 is 0 Å². The first kappa shape index (κ1) is 25.2. The topological polar surface area (TPSA) is 84.0 Å². The molecule has 0 heterocycles. The molecule has 0 atom stereocenters. The van der Waals surface area contributed by atoms with Crippen molar-refractivity contribution in [2.45, 2.75) is 52.3 Å². The van der Waals surface area contributed by atoms with Crippen LogP contribution in [0, 0.1) is 0 Å². The Labute approximate surface area is 187 Å². The summed E-state index contributed by atoms with van der Waals surface area (Å²) in [6.45, 7) is 2.19. The molecule has 0 spiro atoms. The van der Waals surface area contributed by atoms with Crippen molar-refractivity contribution in [1.29, 1.82) is 0 Å². The number of aliphatic imine (C=N–C) groups is 1. The number of hydrogen-bond acceptors (Lipinski definition) is 4. The second-order valence-electron chi connectivity index (χ2n) is 6.39. The van der Waals surface area contributed by atoms with Crippen LogP contribution >= 0.6 is 24.0 Å². The summed E-state index contributed by atoms with van der Waals surface area (Å²) in [6.07, 6.45) is 2.85. The Balaban J connectivity index is 0.00000420. The second-order valence-corrected chi connectivity index (χ2v) is 6.39. The van der Waals surface area contributed by atoms with Crippen LogP contribution in [0.3, 0.4) is 0 Å². The highest BCUT2D eigenvalue weighted by molar-refractivity contribution is 14.0. The highest BCUT2D eigenvalue weighted by Gasteiger charge is 2.23. The van der Waals surface area contributed by atoms with Crippen molar-refractivity contribution in [3.05, 3.63) is 23.8 Å². The van der Waals surface area contributed by atoms with E-state index in [1.807, 2.05) is 13.8 Å². The van der Waals surface area contributed by atoms with Gasteiger partial charge < -0.3 is 25.4 Å². The fraction of sp³-hybridized carbons (Fsp3) is 0.579. The molecule has 0 aromatic heterocycles. The second kappa shape index (κ2) is 13.4. The van der Waals surface area contributed by atoms with Crippen molar-refractivity contribution < 1.29 is 23.0 Å². The molecule has 0 saturated heterocycles. The van der Waals surface area contributed by atoms with Crippen LogP contribution < -0.4 is 25.4 Å². The molecule has 1 fully saturated rings. The Hall–Kier alpha value is -1.85. The van der Waals surface area contributed by atoms with Gasteiger partial charge in [0.2, 0.25) is 5.91 Å². The summed E-state index contributed by atoms with van der Waals surface area (Å²) in [6, 6.07) is 5.07. The highest BCUT2D eigenvalue weighted by atomic mass is 127. The highest BCUT2D eigenvalue weighted by Crippen LogP contribution is 2.27. The molecule has 1 amide bonds. The zero-order valence-electron chi connectivity index (χ0n) is 16.7. The fourth-order valence-electron chi connectivity index (χ4n) is 2.36. The van der Waals surface area contributed by atoms with Gasteiger partial charge in [0.1, 0.15) is 11.5 Å². The molecule has 7 nitrogen and oxygen atoms in total. The first-order valence-electron chi connectivity index (χ1n) is 9.53. The van der Waals surface area contributed by atoms with E-state index in [-0.39, 0.29) is 54.8 Å². The smallest absolute Gasteiger partial charge is 0.387 e. The number of ether oxygens (including phenoxy) is 2. The molecule has 10 heteroatoms. The van der Waals surface area contributed by atoms with Gasteiger partial charge in [-0.15, -0.1) is 24.0 Å². The number of halogens is 3. The van der Waals surface area contributed by atoms with Gasteiger partial charge in [0.05, 0.1) is 19.7 Å². The summed E-state index contributed by atoms with van der Waals surface area (Å²) in [5, 5.41) is 8.84. The predicted octanol–water partition coefficient (Wildman–Crippen LogP) is 3.03. The van der Waals surface area contributed by atoms with Gasteiger partial charge >= 0.3 is 6.61 Å². The Morgan fingerprint density at radius 2 is 2.03 bits per heavy atom. The molecule has 2 rings (SSSR count). The molecular weight excluding hydrogens is 497 g/mol. The Bertz CT molecular complexity index is 673. The number of nitrogens with zero attached hydrogens (tertiary/aromatic N) is 1. The average Bonchev–Trinajstić information content (AvgIpc) is 3.46. The van der Waals surface area contributed by atoms with Crippen molar-refractivity contribution in [3.8, 4) is 11.5 Å². The number of benzene rings is 1. The number of amides is 1. The van der Waals surface area contributed by atoms with Gasteiger partial charge in [-0.25, -0.2) is 4.99 Å². The van der Waals surface area contributed by atoms with Gasteiger partial charge in [0.15, 0.2) is 5.96 Å². The van der Waals surface area contributed by atoms with E-state index in [0.29, 0.717) is 30.4 Å². The lowest BCUT2D eigenvalue weighted by atomic mass is 10.2. The van der Waals surface area contributed by atoms with Crippen LogP contribution in [0.4, 0.5) is 8.78 Å². The van der Waals surface area contributed by atoms with Crippen molar-refractivity contribution in [2.75, 3.05) is 19.7 Å². The number of guanidine groups is 1. The zero-order valence-corrected chi connectivity index (χ0v) is 19.0. The zero-order chi connectivity index (χ0) is 20.4. The van der Waals surface area contributed by atoms with Crippen LogP contribution in [0.2, 0.25) is 0 Å². The first-order valence-corrected chi connectivity index (χ1v) is 9.53. The summed E-state index contributed by atoms with van der Waals surface area (Å²) in [4.78, 5) is 16.2. The lowest BCUT2D eigenvalue weighted by Crippen LogP contribution is -2.43. The molecular formula is C19H29F2IN4O3. The lowest BCUT2D eigenvalue weighted by Gasteiger charge is -2.14. The molecule has 1 aromatic rings. The standard InChI is InChI=1S/C19H28F2N4O3.HI/c1-3-9-27-15-8-5-13(16(10-15)28-18(20)21)11-23-19(22-4-2)24-12-17(26)25-14-6-7-14;/h5,8,10,14,18H,3-4,6-7,9,11-12H2,1-2H3,(H,25,26)(H2,22,23,24);1H. The molecule has 0 unspecified atom stereocenters. The summed E-state index contributed by atoms with van der Waals surface area (Å²) in [5.41, 5.74) is 0.490. The normalized spacial score (nSPS) is 13.5. The van der Waals surface area contributed by atoms with Gasteiger partial charge in [-0.05, 0) is 38.3 Å². The van der Waals surface area contributed by atoms with E-state index in [0.717, 1.165) is 19.3 Å². The molecule has 0 radical (unpaired) electrons. The van der Waals surface area contributed by atoms with Gasteiger partial charge in [-0.2, -0.15) is 8.78 Å². The van der Waals surface area contributed by atoms with E-state index in [4.69, 9.17) is 4.74 Å². The van der Waals surface area contributed by atoms with E-state index < -0.39 is 6.61 Å². The van der Waals surface area contributed by atoms with Crippen molar-refractivity contribution >= 4 is 35.8 Å². The van der Waals surface area contributed by atoms with Gasteiger partial charge in [0, 0.05) is 24.2 Å². The van der Waals surface area contributed by atoms with Crippen LogP contribution in [-0.4, -0.2) is 44.2 Å². The predicted molar refractivity (Wildman–Crippen MR) is 118 cm³/mol. The maximum Gasteiger partial charge on any atom is 0.387 e. The average molecular weight is 526 g/mol. The van der Waals surface area contributed by atoms with Gasteiger partial charge in [-0.3, -0.25) is 4.79 Å². The van der Waals surface area contributed by atoms with E-state index in [1.54, 1.807) is 12.1 Å². The number of alkyl halides is 2. The summed E-state index contributed by atoms with van der Waals surface area (Å²) >= 11 is 0. The molecule has 0 bridgehead atoms. The van der Waals surface area contributed by atoms with Gasteiger partial charge in [-0.1, -0.05) is 6.92 Å². The van der Waals surface area contributed by atoms with Crippen molar-refractivity contribution in [1.82, 2.24) is 16.0 Å². The summed E-state index contributed by atoms with van der Waals surface area (Å²) < 4.78 is 35.6. The molecule has 1 aromatic carbocycles. The van der Waals surface area contributed by atoms with Crippen LogP contribution in [0.1, 0.15) is 38.7 Å². The monoisotopic (exact) mass is 526 g/mol. The largest absolute Gasteiger partial charge is 0.493 e. The maximum absolute atomic E-state index is 12.8. The van der Waals surface area contributed by atoms with Crippen LogP contribution in [0.25, 0.3) is 0 Å². The third-order valence-corrected chi connectivity index (χ3v) is 3.84. The van der Waals surface area contributed by atoms with Gasteiger partial charge in [0.25, 0.3) is 0 Å². The van der Waals surface area contributed by atoms with E-state index in [1.165, 1.54) is 6.07 Å². The molecule has 164 valence electrons. The first-order chi connectivity index (χ1) is 13.5. The Morgan fingerprint density at radius 3 is 2.66 bits per heavy atom. The minimum Gasteiger partial charge on any atom is -0.493 e. The van der Waals surface area contributed by atoms with Crippen LogP contribution in [0.5, 0.6) is 11.5 Å². The fourth-order valence-corrected chi connectivity index (χ4v) is 2.36. The minimum atomic E-state index is -2.94. The lowest BCUT2D eigenvalue weighted by molar-refractivity contribution is -0.120. The number of rotatable bonds is 11. The summed E-state index contributed by atoms with van der Waals surface area (Å²) in [7, 11) is 0.